The van der Waals surface area contributed by atoms with Crippen LogP contribution in [0.15, 0.2) is 18.3 Å². The first-order chi connectivity index (χ1) is 5.74. The summed E-state index contributed by atoms with van der Waals surface area (Å²) in [5, 5.41) is 0. The fourth-order valence-electron chi connectivity index (χ4n) is 1.13. The van der Waals surface area contributed by atoms with E-state index in [1.54, 1.807) is 12.3 Å². The number of nitrogens with two attached hydrogens (primary N) is 2. The van der Waals surface area contributed by atoms with E-state index in [2.05, 4.69) is 11.9 Å². The van der Waals surface area contributed by atoms with Crippen LogP contribution in [0.5, 0.6) is 0 Å². The van der Waals surface area contributed by atoms with E-state index in [1.165, 1.54) is 0 Å². The highest BCUT2D eigenvalue weighted by molar-refractivity contribution is 5.37. The average Bonchev–Trinajstić information content (AvgIpc) is 2.05. The van der Waals surface area contributed by atoms with Crippen molar-refractivity contribution in [3.05, 3.63) is 24.0 Å². The Kier molecular flexibility index (Phi) is 3.05. The molecule has 3 nitrogen and oxygen atoms in total. The van der Waals surface area contributed by atoms with E-state index in [1.807, 2.05) is 6.07 Å². The number of hydrogen-bond acceptors (Lipinski definition) is 3. The third kappa shape index (κ3) is 2.20. The second-order valence-electron chi connectivity index (χ2n) is 2.91. The number of anilines is 1. The van der Waals surface area contributed by atoms with Crippen LogP contribution in [0.1, 0.15) is 31.5 Å². The minimum atomic E-state index is 0.0264. The molecule has 0 amide bonds. The van der Waals surface area contributed by atoms with Crippen molar-refractivity contribution >= 4 is 5.69 Å². The third-order valence-electron chi connectivity index (χ3n) is 1.78. The van der Waals surface area contributed by atoms with Crippen LogP contribution in [-0.4, -0.2) is 4.98 Å². The first-order valence-electron chi connectivity index (χ1n) is 4.21. The monoisotopic (exact) mass is 165 g/mol. The van der Waals surface area contributed by atoms with Crippen LogP contribution in [-0.2, 0) is 0 Å². The average molecular weight is 165 g/mol. The molecular formula is C9H15N3. The fourth-order valence-corrected chi connectivity index (χ4v) is 1.13. The Morgan fingerprint density at radius 2 is 2.33 bits per heavy atom. The van der Waals surface area contributed by atoms with Gasteiger partial charge in [0.05, 0.1) is 5.69 Å². The van der Waals surface area contributed by atoms with Crippen molar-refractivity contribution in [2.75, 3.05) is 5.73 Å². The lowest BCUT2D eigenvalue weighted by Gasteiger charge is -2.09. The Labute approximate surface area is 72.8 Å². The van der Waals surface area contributed by atoms with Crippen molar-refractivity contribution < 1.29 is 0 Å². The molecule has 66 valence electrons. The number of pyridine rings is 1. The van der Waals surface area contributed by atoms with E-state index in [-0.39, 0.29) is 6.04 Å². The van der Waals surface area contributed by atoms with Crippen molar-refractivity contribution in [2.24, 2.45) is 5.73 Å². The summed E-state index contributed by atoms with van der Waals surface area (Å²) in [5.74, 6) is 0. The van der Waals surface area contributed by atoms with Crippen LogP contribution in [0.4, 0.5) is 5.69 Å². The summed E-state index contributed by atoms with van der Waals surface area (Å²) in [6.07, 6.45) is 3.72. The van der Waals surface area contributed by atoms with Gasteiger partial charge >= 0.3 is 0 Å². The molecule has 0 aliphatic heterocycles. The van der Waals surface area contributed by atoms with Gasteiger partial charge in [-0.05, 0) is 18.6 Å². The number of nitrogen functional groups attached to an aromatic ring is 1. The Bertz CT molecular complexity index is 247. The van der Waals surface area contributed by atoms with E-state index in [4.69, 9.17) is 11.5 Å². The maximum absolute atomic E-state index is 5.86. The number of nitrogens with zero attached hydrogens (tertiary/aromatic N) is 1. The molecule has 3 heteroatoms. The smallest absolute Gasteiger partial charge is 0.0591 e. The van der Waals surface area contributed by atoms with Gasteiger partial charge in [-0.15, -0.1) is 0 Å². The molecule has 1 aromatic heterocycles. The van der Waals surface area contributed by atoms with Gasteiger partial charge in [-0.25, -0.2) is 0 Å². The molecule has 1 rings (SSSR count). The predicted octanol–water partition coefficient (Wildman–Crippen LogP) is 1.46. The zero-order valence-corrected chi connectivity index (χ0v) is 7.33. The normalized spacial score (nSPS) is 12.8. The molecule has 1 aromatic rings. The fraction of sp³-hybridized carbons (Fsp3) is 0.444. The summed E-state index contributed by atoms with van der Waals surface area (Å²) < 4.78 is 0. The van der Waals surface area contributed by atoms with Crippen LogP contribution in [0.2, 0.25) is 0 Å². The van der Waals surface area contributed by atoms with Crippen LogP contribution < -0.4 is 11.5 Å². The molecule has 12 heavy (non-hydrogen) atoms. The van der Waals surface area contributed by atoms with Crippen molar-refractivity contribution in [2.45, 2.75) is 25.8 Å². The van der Waals surface area contributed by atoms with E-state index in [0.29, 0.717) is 0 Å². The highest BCUT2D eigenvalue weighted by atomic mass is 14.8. The maximum atomic E-state index is 5.86. The molecule has 0 aliphatic carbocycles. The molecule has 0 spiro atoms. The summed E-state index contributed by atoms with van der Waals surface area (Å²) in [5.41, 5.74) is 13.1. The van der Waals surface area contributed by atoms with Crippen molar-refractivity contribution in [3.63, 3.8) is 0 Å². The van der Waals surface area contributed by atoms with Gasteiger partial charge in [-0.3, -0.25) is 4.98 Å². The first-order valence-corrected chi connectivity index (χ1v) is 4.21. The molecule has 0 radical (unpaired) electrons. The van der Waals surface area contributed by atoms with E-state index in [0.717, 1.165) is 24.2 Å². The Morgan fingerprint density at radius 1 is 1.58 bits per heavy atom. The van der Waals surface area contributed by atoms with E-state index >= 15 is 0 Å². The molecule has 4 N–H and O–H groups in total. The molecule has 1 unspecified atom stereocenters. The van der Waals surface area contributed by atoms with Gasteiger partial charge in [0.15, 0.2) is 0 Å². The zero-order chi connectivity index (χ0) is 8.97. The molecular weight excluding hydrogens is 150 g/mol. The van der Waals surface area contributed by atoms with Gasteiger partial charge in [0, 0.05) is 17.9 Å². The SMILES string of the molecule is CCCC(N)c1cc(N)ccn1. The second-order valence-corrected chi connectivity index (χ2v) is 2.91. The van der Waals surface area contributed by atoms with Crippen molar-refractivity contribution in [3.8, 4) is 0 Å². The highest BCUT2D eigenvalue weighted by Crippen LogP contribution is 2.14. The van der Waals surface area contributed by atoms with Gasteiger partial charge in [0.2, 0.25) is 0 Å². The summed E-state index contributed by atoms with van der Waals surface area (Å²) in [6.45, 7) is 2.10. The van der Waals surface area contributed by atoms with Crippen LogP contribution in [0.25, 0.3) is 0 Å². The lowest BCUT2D eigenvalue weighted by atomic mass is 10.1. The minimum Gasteiger partial charge on any atom is -0.399 e. The lowest BCUT2D eigenvalue weighted by molar-refractivity contribution is 0.622. The minimum absolute atomic E-state index is 0.0264. The largest absolute Gasteiger partial charge is 0.399 e. The van der Waals surface area contributed by atoms with E-state index < -0.39 is 0 Å². The standard InChI is InChI=1S/C9H15N3/c1-2-3-8(11)9-6-7(10)4-5-12-9/h4-6,8H,2-3,11H2,1H3,(H2,10,12). The van der Waals surface area contributed by atoms with Crippen molar-refractivity contribution in [1.29, 1.82) is 0 Å². The highest BCUT2D eigenvalue weighted by Gasteiger charge is 2.05. The summed E-state index contributed by atoms with van der Waals surface area (Å²) in [4.78, 5) is 4.15. The number of rotatable bonds is 3. The number of aromatic nitrogens is 1. The third-order valence-corrected chi connectivity index (χ3v) is 1.78. The van der Waals surface area contributed by atoms with Gasteiger partial charge in [0.1, 0.15) is 0 Å². The molecule has 0 aliphatic rings. The number of hydrogen-bond donors (Lipinski definition) is 2. The van der Waals surface area contributed by atoms with E-state index in [9.17, 15) is 0 Å². The second kappa shape index (κ2) is 4.07. The maximum Gasteiger partial charge on any atom is 0.0591 e. The van der Waals surface area contributed by atoms with Gasteiger partial charge < -0.3 is 11.5 Å². The Balaban J connectivity index is 2.73. The topological polar surface area (TPSA) is 64.9 Å². The van der Waals surface area contributed by atoms with Gasteiger partial charge in [-0.2, -0.15) is 0 Å². The van der Waals surface area contributed by atoms with Crippen LogP contribution in [0, 0.1) is 0 Å². The van der Waals surface area contributed by atoms with Gasteiger partial charge in [0.25, 0.3) is 0 Å². The molecule has 0 saturated carbocycles. The molecule has 1 atom stereocenters. The summed E-state index contributed by atoms with van der Waals surface area (Å²) in [7, 11) is 0. The molecule has 0 bridgehead atoms. The molecule has 0 aromatic carbocycles. The zero-order valence-electron chi connectivity index (χ0n) is 7.33. The van der Waals surface area contributed by atoms with Crippen LogP contribution in [0.3, 0.4) is 0 Å². The lowest BCUT2D eigenvalue weighted by Crippen LogP contribution is -2.11. The van der Waals surface area contributed by atoms with Crippen LogP contribution >= 0.6 is 0 Å². The first kappa shape index (κ1) is 9.00. The van der Waals surface area contributed by atoms with Gasteiger partial charge in [-0.1, -0.05) is 13.3 Å². The Morgan fingerprint density at radius 3 is 2.92 bits per heavy atom. The molecule has 0 fully saturated rings. The van der Waals surface area contributed by atoms with Crippen molar-refractivity contribution in [1.82, 2.24) is 4.98 Å². The Hall–Kier alpha value is -1.09. The molecule has 0 saturated heterocycles. The predicted molar refractivity (Wildman–Crippen MR) is 50.5 cm³/mol. The quantitative estimate of drug-likeness (QED) is 0.712. The summed E-state index contributed by atoms with van der Waals surface area (Å²) in [6, 6.07) is 3.63. The molecule has 1 heterocycles. The summed E-state index contributed by atoms with van der Waals surface area (Å²) >= 11 is 0.